The third-order valence-corrected chi connectivity index (χ3v) is 3.72. The molecular formula is C14H14N4O2S. The third kappa shape index (κ3) is 3.23. The molecule has 2 rings (SSSR count). The fourth-order valence-electron chi connectivity index (χ4n) is 1.94. The Morgan fingerprint density at radius 3 is 2.86 bits per heavy atom. The Labute approximate surface area is 126 Å². The molecular weight excluding hydrogens is 288 g/mol. The van der Waals surface area contributed by atoms with E-state index in [9.17, 15) is 15.4 Å². The Kier molecular flexibility index (Phi) is 4.60. The van der Waals surface area contributed by atoms with Gasteiger partial charge in [-0.3, -0.25) is 10.1 Å². The van der Waals surface area contributed by atoms with Crippen molar-refractivity contribution >= 4 is 34.2 Å². The Morgan fingerprint density at radius 1 is 1.48 bits per heavy atom. The van der Waals surface area contributed by atoms with Crippen LogP contribution in [0.1, 0.15) is 5.56 Å². The number of nitrogens with zero attached hydrogens (tertiary/aromatic N) is 4. The highest BCUT2D eigenvalue weighted by atomic mass is 32.2. The molecule has 0 saturated heterocycles. The van der Waals surface area contributed by atoms with Gasteiger partial charge in [0.05, 0.1) is 22.1 Å². The second-order valence-corrected chi connectivity index (χ2v) is 5.50. The van der Waals surface area contributed by atoms with Crippen LogP contribution in [0, 0.1) is 21.4 Å². The first-order valence-corrected chi connectivity index (χ1v) is 7.65. The van der Waals surface area contributed by atoms with E-state index in [2.05, 4.69) is 11.1 Å². The third-order valence-electron chi connectivity index (χ3n) is 3.13. The SMILES string of the molecule is CSCCN(C)c1cc(C#N)c2cc([N+](=O)[O-])ccc2n1. The van der Waals surface area contributed by atoms with Gasteiger partial charge in [-0.1, -0.05) is 0 Å². The fourth-order valence-corrected chi connectivity index (χ4v) is 2.40. The van der Waals surface area contributed by atoms with Crippen molar-refractivity contribution in [3.63, 3.8) is 0 Å². The van der Waals surface area contributed by atoms with Crippen molar-refractivity contribution in [2.24, 2.45) is 0 Å². The summed E-state index contributed by atoms with van der Waals surface area (Å²) in [5.41, 5.74) is 0.949. The first-order valence-electron chi connectivity index (χ1n) is 6.26. The van der Waals surface area contributed by atoms with Crippen molar-refractivity contribution < 1.29 is 4.92 Å². The molecule has 1 aromatic carbocycles. The highest BCUT2D eigenvalue weighted by molar-refractivity contribution is 7.98. The first kappa shape index (κ1) is 15.1. The van der Waals surface area contributed by atoms with E-state index >= 15 is 0 Å². The second-order valence-electron chi connectivity index (χ2n) is 4.51. The molecule has 0 atom stereocenters. The van der Waals surface area contributed by atoms with E-state index < -0.39 is 4.92 Å². The highest BCUT2D eigenvalue weighted by Gasteiger charge is 2.13. The predicted molar refractivity (Wildman–Crippen MR) is 84.8 cm³/mol. The van der Waals surface area contributed by atoms with E-state index in [0.29, 0.717) is 22.3 Å². The Bertz CT molecular complexity index is 727. The van der Waals surface area contributed by atoms with Gasteiger partial charge >= 0.3 is 0 Å². The normalized spacial score (nSPS) is 10.3. The number of nitriles is 1. The number of hydrogen-bond donors (Lipinski definition) is 0. The van der Waals surface area contributed by atoms with Gasteiger partial charge in [-0.25, -0.2) is 4.98 Å². The maximum atomic E-state index is 10.8. The first-order chi connectivity index (χ1) is 10.1. The number of rotatable bonds is 5. The van der Waals surface area contributed by atoms with Crippen LogP contribution in [0.2, 0.25) is 0 Å². The van der Waals surface area contributed by atoms with E-state index in [1.54, 1.807) is 23.9 Å². The summed E-state index contributed by atoms with van der Waals surface area (Å²) in [4.78, 5) is 16.8. The molecule has 0 saturated carbocycles. The summed E-state index contributed by atoms with van der Waals surface area (Å²) in [7, 11) is 1.91. The molecule has 1 aromatic heterocycles. The lowest BCUT2D eigenvalue weighted by atomic mass is 10.1. The van der Waals surface area contributed by atoms with Crippen LogP contribution in [0.25, 0.3) is 10.9 Å². The number of thioether (sulfide) groups is 1. The average Bonchev–Trinajstić information content (AvgIpc) is 2.50. The molecule has 6 nitrogen and oxygen atoms in total. The quantitative estimate of drug-likeness (QED) is 0.624. The van der Waals surface area contributed by atoms with Gasteiger partial charge < -0.3 is 4.90 Å². The molecule has 108 valence electrons. The number of aromatic nitrogens is 1. The van der Waals surface area contributed by atoms with Crippen LogP contribution in [-0.2, 0) is 0 Å². The van der Waals surface area contributed by atoms with Crippen molar-refractivity contribution in [3.05, 3.63) is 39.9 Å². The molecule has 0 aliphatic carbocycles. The zero-order valence-corrected chi connectivity index (χ0v) is 12.6. The van der Waals surface area contributed by atoms with E-state index in [4.69, 9.17) is 0 Å². The van der Waals surface area contributed by atoms with Crippen LogP contribution in [0.3, 0.4) is 0 Å². The zero-order valence-electron chi connectivity index (χ0n) is 11.7. The van der Waals surface area contributed by atoms with Gasteiger partial charge in [0.1, 0.15) is 5.82 Å². The number of hydrogen-bond acceptors (Lipinski definition) is 6. The molecule has 0 amide bonds. The van der Waals surface area contributed by atoms with Crippen LogP contribution < -0.4 is 4.90 Å². The van der Waals surface area contributed by atoms with Gasteiger partial charge in [0.15, 0.2) is 0 Å². The highest BCUT2D eigenvalue weighted by Crippen LogP contribution is 2.26. The lowest BCUT2D eigenvalue weighted by molar-refractivity contribution is -0.384. The van der Waals surface area contributed by atoms with Gasteiger partial charge in [0, 0.05) is 36.9 Å². The number of fused-ring (bicyclic) bond motifs is 1. The summed E-state index contributed by atoms with van der Waals surface area (Å²) in [6.07, 6.45) is 2.03. The minimum absolute atomic E-state index is 0.0377. The minimum Gasteiger partial charge on any atom is -0.359 e. The van der Waals surface area contributed by atoms with Crippen molar-refractivity contribution in [1.29, 1.82) is 5.26 Å². The van der Waals surface area contributed by atoms with Crippen LogP contribution in [0.15, 0.2) is 24.3 Å². The van der Waals surface area contributed by atoms with Crippen LogP contribution >= 0.6 is 11.8 Å². The van der Waals surface area contributed by atoms with Crippen molar-refractivity contribution in [1.82, 2.24) is 4.98 Å². The Hall–Kier alpha value is -2.33. The molecule has 7 heteroatoms. The van der Waals surface area contributed by atoms with Crippen molar-refractivity contribution in [2.45, 2.75) is 0 Å². The summed E-state index contributed by atoms with van der Waals surface area (Å²) in [5, 5.41) is 20.6. The van der Waals surface area contributed by atoms with Gasteiger partial charge in [0.2, 0.25) is 0 Å². The zero-order chi connectivity index (χ0) is 15.4. The monoisotopic (exact) mass is 302 g/mol. The fraction of sp³-hybridized carbons (Fsp3) is 0.286. The topological polar surface area (TPSA) is 83.1 Å². The molecule has 0 fully saturated rings. The number of benzene rings is 1. The molecule has 0 bridgehead atoms. The van der Waals surface area contributed by atoms with Crippen molar-refractivity contribution in [3.8, 4) is 6.07 Å². The maximum absolute atomic E-state index is 10.8. The number of non-ortho nitro benzene ring substituents is 1. The largest absolute Gasteiger partial charge is 0.359 e. The molecule has 0 radical (unpaired) electrons. The predicted octanol–water partition coefficient (Wildman–Crippen LogP) is 2.81. The molecule has 0 spiro atoms. The van der Waals surface area contributed by atoms with Gasteiger partial charge in [-0.05, 0) is 18.4 Å². The van der Waals surface area contributed by atoms with E-state index in [0.717, 1.165) is 12.3 Å². The molecule has 21 heavy (non-hydrogen) atoms. The smallest absolute Gasteiger partial charge is 0.270 e. The van der Waals surface area contributed by atoms with Gasteiger partial charge in [-0.2, -0.15) is 17.0 Å². The van der Waals surface area contributed by atoms with E-state index in [1.165, 1.54) is 12.1 Å². The molecule has 0 aliphatic rings. The van der Waals surface area contributed by atoms with E-state index in [-0.39, 0.29) is 5.69 Å². The molecule has 2 aromatic rings. The summed E-state index contributed by atoms with van der Waals surface area (Å²) in [6, 6.07) is 8.15. The second kappa shape index (κ2) is 6.41. The number of pyridine rings is 1. The van der Waals surface area contributed by atoms with E-state index in [1.807, 2.05) is 18.2 Å². The van der Waals surface area contributed by atoms with Crippen LogP contribution in [-0.4, -0.2) is 35.5 Å². The van der Waals surface area contributed by atoms with Gasteiger partial charge in [0.25, 0.3) is 5.69 Å². The Morgan fingerprint density at radius 2 is 2.24 bits per heavy atom. The summed E-state index contributed by atoms with van der Waals surface area (Å²) in [5.74, 6) is 1.65. The number of nitro groups is 1. The van der Waals surface area contributed by atoms with Crippen LogP contribution in [0.5, 0.6) is 0 Å². The lowest BCUT2D eigenvalue weighted by Gasteiger charge is -2.18. The maximum Gasteiger partial charge on any atom is 0.270 e. The molecule has 0 N–H and O–H groups in total. The Balaban J connectivity index is 2.52. The number of nitro benzene ring substituents is 1. The molecule has 0 aliphatic heterocycles. The summed E-state index contributed by atoms with van der Waals surface area (Å²) >= 11 is 1.73. The standard InChI is InChI=1S/C14H14N4O2S/c1-17(5-6-21-2)14-7-10(9-15)12-8-11(18(19)20)3-4-13(12)16-14/h3-4,7-8H,5-6H2,1-2H3. The summed E-state index contributed by atoms with van der Waals surface area (Å²) in [6.45, 7) is 0.817. The minimum atomic E-state index is -0.473. The lowest BCUT2D eigenvalue weighted by Crippen LogP contribution is -2.21. The summed E-state index contributed by atoms with van der Waals surface area (Å²) < 4.78 is 0. The van der Waals surface area contributed by atoms with Gasteiger partial charge in [-0.15, -0.1) is 0 Å². The number of anilines is 1. The average molecular weight is 302 g/mol. The van der Waals surface area contributed by atoms with Crippen molar-refractivity contribution in [2.75, 3.05) is 30.5 Å². The van der Waals surface area contributed by atoms with Crippen LogP contribution in [0.4, 0.5) is 11.5 Å². The molecule has 1 heterocycles. The molecule has 0 unspecified atom stereocenters.